The summed E-state index contributed by atoms with van der Waals surface area (Å²) >= 11 is 0. The monoisotopic (exact) mass is 411 g/mol. The van der Waals surface area contributed by atoms with Gasteiger partial charge in [-0.05, 0) is 53.8 Å². The largest absolute Gasteiger partial charge is 0.489 e. The molecule has 2 heterocycles. The van der Waals surface area contributed by atoms with Gasteiger partial charge < -0.3 is 18.8 Å². The highest BCUT2D eigenvalue weighted by atomic mass is 19.1. The summed E-state index contributed by atoms with van der Waals surface area (Å²) in [6.45, 7) is 2.86. The van der Waals surface area contributed by atoms with E-state index in [1.54, 1.807) is 30.9 Å². The molecule has 0 amide bonds. The highest BCUT2D eigenvalue weighted by Crippen LogP contribution is 2.39. The average molecular weight is 411 g/mol. The van der Waals surface area contributed by atoms with E-state index >= 15 is 0 Å². The Balaban J connectivity index is 1.57. The molecule has 1 fully saturated rings. The van der Waals surface area contributed by atoms with Gasteiger partial charge in [0.2, 0.25) is 0 Å². The van der Waals surface area contributed by atoms with Crippen molar-refractivity contribution in [2.24, 2.45) is 7.05 Å². The van der Waals surface area contributed by atoms with Gasteiger partial charge in [0.15, 0.2) is 0 Å². The molecule has 0 unspecified atom stereocenters. The molecule has 2 aromatic carbocycles. The van der Waals surface area contributed by atoms with Gasteiger partial charge in [0.1, 0.15) is 18.2 Å². The molecule has 1 aliphatic heterocycles. The minimum atomic E-state index is -0.578. The number of ether oxygens (including phenoxy) is 3. The van der Waals surface area contributed by atoms with Gasteiger partial charge in [0.05, 0.1) is 23.8 Å². The summed E-state index contributed by atoms with van der Waals surface area (Å²) in [5, 5.41) is 0.952. The van der Waals surface area contributed by atoms with Crippen LogP contribution in [0.25, 0.3) is 10.9 Å². The van der Waals surface area contributed by atoms with E-state index in [1.807, 2.05) is 31.2 Å². The molecule has 158 valence electrons. The van der Waals surface area contributed by atoms with E-state index in [1.165, 1.54) is 12.1 Å². The van der Waals surface area contributed by atoms with Crippen LogP contribution in [0.4, 0.5) is 4.39 Å². The van der Waals surface area contributed by atoms with E-state index in [2.05, 4.69) is 0 Å². The van der Waals surface area contributed by atoms with Crippen LogP contribution in [-0.4, -0.2) is 24.4 Å². The molecule has 4 rings (SSSR count). The zero-order valence-corrected chi connectivity index (χ0v) is 17.5. The SMILES string of the molecule is CO[C@]1(c2cc(F)cc(OCc3ccc4c(ccc(=O)n4C)c3)c2)CCO[C@H](C)C1. The van der Waals surface area contributed by atoms with Crippen molar-refractivity contribution in [2.75, 3.05) is 13.7 Å². The Morgan fingerprint density at radius 1 is 1.20 bits per heavy atom. The van der Waals surface area contributed by atoms with Gasteiger partial charge in [0, 0.05) is 39.1 Å². The van der Waals surface area contributed by atoms with E-state index in [0.29, 0.717) is 31.8 Å². The molecule has 5 nitrogen and oxygen atoms in total. The molecule has 2 atom stereocenters. The number of methoxy groups -OCH3 is 1. The topological polar surface area (TPSA) is 49.7 Å². The predicted octanol–water partition coefficient (Wildman–Crippen LogP) is 4.30. The molecule has 3 aromatic rings. The van der Waals surface area contributed by atoms with Crippen LogP contribution in [0.1, 0.15) is 30.9 Å². The van der Waals surface area contributed by atoms with E-state index in [-0.39, 0.29) is 17.5 Å². The molecule has 1 saturated heterocycles. The minimum Gasteiger partial charge on any atom is -0.489 e. The Morgan fingerprint density at radius 3 is 2.80 bits per heavy atom. The zero-order chi connectivity index (χ0) is 21.3. The van der Waals surface area contributed by atoms with Crippen molar-refractivity contribution < 1.29 is 18.6 Å². The van der Waals surface area contributed by atoms with Crippen LogP contribution in [0.15, 0.2) is 53.3 Å². The fraction of sp³-hybridized carbons (Fsp3) is 0.375. The third kappa shape index (κ3) is 3.98. The lowest BCUT2D eigenvalue weighted by atomic mass is 9.83. The summed E-state index contributed by atoms with van der Waals surface area (Å²) in [6.07, 6.45) is 1.37. The fourth-order valence-corrected chi connectivity index (χ4v) is 4.22. The average Bonchev–Trinajstić information content (AvgIpc) is 2.74. The first-order valence-electron chi connectivity index (χ1n) is 10.1. The second-order valence-electron chi connectivity index (χ2n) is 7.92. The molecule has 0 saturated carbocycles. The van der Waals surface area contributed by atoms with Crippen molar-refractivity contribution in [1.82, 2.24) is 4.57 Å². The van der Waals surface area contributed by atoms with Gasteiger partial charge in [-0.2, -0.15) is 0 Å². The lowest BCUT2D eigenvalue weighted by molar-refractivity contribution is -0.122. The number of nitrogens with zero attached hydrogens (tertiary/aromatic N) is 1. The van der Waals surface area contributed by atoms with Crippen LogP contribution in [0.3, 0.4) is 0 Å². The van der Waals surface area contributed by atoms with Crippen LogP contribution in [-0.2, 0) is 28.7 Å². The normalized spacial score (nSPS) is 21.7. The maximum atomic E-state index is 14.4. The number of benzene rings is 2. The highest BCUT2D eigenvalue weighted by Gasteiger charge is 2.38. The van der Waals surface area contributed by atoms with Crippen LogP contribution in [0.5, 0.6) is 5.75 Å². The molecule has 0 radical (unpaired) electrons. The first-order valence-corrected chi connectivity index (χ1v) is 10.1. The Morgan fingerprint density at radius 2 is 2.03 bits per heavy atom. The Hall–Kier alpha value is -2.70. The molecule has 0 aliphatic carbocycles. The number of fused-ring (bicyclic) bond motifs is 1. The predicted molar refractivity (Wildman–Crippen MR) is 113 cm³/mol. The smallest absolute Gasteiger partial charge is 0.250 e. The minimum absolute atomic E-state index is 0.0416. The lowest BCUT2D eigenvalue weighted by Crippen LogP contribution is -2.39. The molecule has 1 aromatic heterocycles. The summed E-state index contributed by atoms with van der Waals surface area (Å²) in [7, 11) is 3.41. The lowest BCUT2D eigenvalue weighted by Gasteiger charge is -2.39. The summed E-state index contributed by atoms with van der Waals surface area (Å²) in [6, 6.07) is 13.9. The first-order chi connectivity index (χ1) is 14.4. The molecule has 0 spiro atoms. The van der Waals surface area contributed by atoms with E-state index in [9.17, 15) is 9.18 Å². The number of hydrogen-bond acceptors (Lipinski definition) is 4. The summed E-state index contributed by atoms with van der Waals surface area (Å²) in [4.78, 5) is 11.8. The maximum absolute atomic E-state index is 14.4. The third-order valence-corrected chi connectivity index (χ3v) is 5.91. The molecule has 0 N–H and O–H groups in total. The maximum Gasteiger partial charge on any atom is 0.250 e. The number of aromatic nitrogens is 1. The van der Waals surface area contributed by atoms with Gasteiger partial charge in [-0.1, -0.05) is 6.07 Å². The number of aryl methyl sites for hydroxylation is 1. The molecular formula is C24H26FNO4. The second kappa shape index (κ2) is 8.20. The Labute approximate surface area is 175 Å². The number of pyridine rings is 1. The molecule has 0 bridgehead atoms. The second-order valence-corrected chi connectivity index (χ2v) is 7.92. The van der Waals surface area contributed by atoms with Crippen LogP contribution in [0.2, 0.25) is 0 Å². The zero-order valence-electron chi connectivity index (χ0n) is 17.5. The summed E-state index contributed by atoms with van der Waals surface area (Å²) in [5.74, 6) is 0.104. The molecule has 30 heavy (non-hydrogen) atoms. The van der Waals surface area contributed by atoms with Gasteiger partial charge >= 0.3 is 0 Å². The van der Waals surface area contributed by atoms with Crippen molar-refractivity contribution in [3.05, 3.63) is 75.8 Å². The highest BCUT2D eigenvalue weighted by molar-refractivity contribution is 5.79. The van der Waals surface area contributed by atoms with Gasteiger partial charge in [-0.3, -0.25) is 4.79 Å². The Bertz CT molecular complexity index is 1130. The van der Waals surface area contributed by atoms with Gasteiger partial charge in [-0.25, -0.2) is 4.39 Å². The number of rotatable bonds is 5. The van der Waals surface area contributed by atoms with Crippen molar-refractivity contribution >= 4 is 10.9 Å². The van der Waals surface area contributed by atoms with Crippen LogP contribution >= 0.6 is 0 Å². The Kier molecular flexibility index (Phi) is 5.62. The molecular weight excluding hydrogens is 385 g/mol. The van der Waals surface area contributed by atoms with E-state index in [0.717, 1.165) is 22.0 Å². The van der Waals surface area contributed by atoms with Crippen molar-refractivity contribution in [1.29, 1.82) is 0 Å². The van der Waals surface area contributed by atoms with Crippen LogP contribution in [0, 0.1) is 5.82 Å². The number of halogens is 1. The van der Waals surface area contributed by atoms with Crippen molar-refractivity contribution in [2.45, 2.75) is 38.1 Å². The van der Waals surface area contributed by atoms with Crippen molar-refractivity contribution in [3.63, 3.8) is 0 Å². The van der Waals surface area contributed by atoms with Gasteiger partial charge in [0.25, 0.3) is 5.56 Å². The first kappa shape index (κ1) is 20.6. The van der Waals surface area contributed by atoms with E-state index in [4.69, 9.17) is 14.2 Å². The number of hydrogen-bond donors (Lipinski definition) is 0. The quantitative estimate of drug-likeness (QED) is 0.628. The van der Waals surface area contributed by atoms with Gasteiger partial charge in [-0.15, -0.1) is 0 Å². The van der Waals surface area contributed by atoms with Crippen LogP contribution < -0.4 is 10.3 Å². The standard InChI is InChI=1S/C24H26FNO4/c1-16-14-24(28-3,8-9-29-16)19-11-20(25)13-21(12-19)30-15-17-4-6-22-18(10-17)5-7-23(27)26(22)2/h4-7,10-13,16H,8-9,14-15H2,1-3H3/t16-,24-/m1/s1. The molecule has 6 heteroatoms. The third-order valence-electron chi connectivity index (χ3n) is 5.91. The van der Waals surface area contributed by atoms with Crippen molar-refractivity contribution in [3.8, 4) is 5.75 Å². The fourth-order valence-electron chi connectivity index (χ4n) is 4.22. The summed E-state index contributed by atoms with van der Waals surface area (Å²) < 4.78 is 33.4. The van der Waals surface area contributed by atoms with E-state index < -0.39 is 5.60 Å². The molecule has 1 aliphatic rings. The summed E-state index contributed by atoms with van der Waals surface area (Å²) in [5.41, 5.74) is 1.94.